The van der Waals surface area contributed by atoms with Crippen molar-refractivity contribution in [3.05, 3.63) is 65.5 Å². The van der Waals surface area contributed by atoms with Crippen LogP contribution in [-0.4, -0.2) is 4.98 Å². The summed E-state index contributed by atoms with van der Waals surface area (Å²) in [7, 11) is 0. The highest BCUT2D eigenvalue weighted by atomic mass is 19.4. The van der Waals surface area contributed by atoms with Gasteiger partial charge < -0.3 is 5.73 Å². The molecule has 0 aliphatic rings. The molecule has 0 fully saturated rings. The van der Waals surface area contributed by atoms with Crippen molar-refractivity contribution in [3.63, 3.8) is 0 Å². The Kier molecular flexibility index (Phi) is 4.39. The average Bonchev–Trinajstić information content (AvgIpc) is 2.45. The van der Waals surface area contributed by atoms with Crippen LogP contribution in [0.25, 0.3) is 0 Å². The Bertz CT molecular complexity index is 553. The van der Waals surface area contributed by atoms with Crippen molar-refractivity contribution in [2.45, 2.75) is 25.1 Å². The van der Waals surface area contributed by atoms with Crippen LogP contribution in [0.1, 0.15) is 29.3 Å². The predicted molar refractivity (Wildman–Crippen MR) is 70.9 cm³/mol. The molecule has 0 aliphatic heterocycles. The van der Waals surface area contributed by atoms with Crippen LogP contribution in [0, 0.1) is 0 Å². The van der Waals surface area contributed by atoms with Crippen molar-refractivity contribution in [1.29, 1.82) is 0 Å². The molecule has 0 aliphatic carbocycles. The Hall–Kier alpha value is -1.88. The van der Waals surface area contributed by atoms with Crippen molar-refractivity contribution >= 4 is 0 Å². The summed E-state index contributed by atoms with van der Waals surface area (Å²) >= 11 is 0. The fraction of sp³-hybridized carbons (Fsp3) is 0.267. The van der Waals surface area contributed by atoms with Gasteiger partial charge in [0.15, 0.2) is 0 Å². The molecule has 0 saturated carbocycles. The van der Waals surface area contributed by atoms with Gasteiger partial charge in [-0.05, 0) is 36.6 Å². The fourth-order valence-corrected chi connectivity index (χ4v) is 2.08. The summed E-state index contributed by atoms with van der Waals surface area (Å²) in [6.07, 6.45) is -1.75. The summed E-state index contributed by atoms with van der Waals surface area (Å²) in [5, 5.41) is 0. The number of hydrogen-bond donors (Lipinski definition) is 1. The molecule has 106 valence electrons. The van der Waals surface area contributed by atoms with Crippen LogP contribution in [0.5, 0.6) is 0 Å². The zero-order chi connectivity index (χ0) is 14.6. The Morgan fingerprint density at radius 3 is 2.40 bits per heavy atom. The van der Waals surface area contributed by atoms with Gasteiger partial charge in [0.2, 0.25) is 0 Å². The van der Waals surface area contributed by atoms with Crippen molar-refractivity contribution in [2.24, 2.45) is 5.73 Å². The first-order valence-corrected chi connectivity index (χ1v) is 6.30. The molecule has 1 heterocycles. The van der Waals surface area contributed by atoms with E-state index in [-0.39, 0.29) is 5.56 Å². The Morgan fingerprint density at radius 1 is 1.05 bits per heavy atom. The first-order chi connectivity index (χ1) is 9.48. The molecule has 1 unspecified atom stereocenters. The lowest BCUT2D eigenvalue weighted by molar-refractivity contribution is -0.138. The van der Waals surface area contributed by atoms with Crippen LogP contribution in [0.2, 0.25) is 0 Å². The maximum Gasteiger partial charge on any atom is 0.416 e. The van der Waals surface area contributed by atoms with Crippen LogP contribution in [-0.2, 0) is 12.6 Å². The second-order valence-corrected chi connectivity index (χ2v) is 4.55. The van der Waals surface area contributed by atoms with E-state index < -0.39 is 17.8 Å². The van der Waals surface area contributed by atoms with Crippen LogP contribution in [0.15, 0.2) is 48.7 Å². The molecule has 2 nitrogen and oxygen atoms in total. The largest absolute Gasteiger partial charge is 0.416 e. The highest BCUT2D eigenvalue weighted by Gasteiger charge is 2.34. The normalized spacial score (nSPS) is 13.2. The number of benzene rings is 1. The van der Waals surface area contributed by atoms with Crippen LogP contribution < -0.4 is 5.73 Å². The van der Waals surface area contributed by atoms with Gasteiger partial charge in [0, 0.05) is 17.9 Å². The van der Waals surface area contributed by atoms with Crippen molar-refractivity contribution < 1.29 is 13.2 Å². The van der Waals surface area contributed by atoms with E-state index in [1.54, 1.807) is 18.3 Å². The Morgan fingerprint density at radius 2 is 1.75 bits per heavy atom. The summed E-state index contributed by atoms with van der Waals surface area (Å²) < 4.78 is 38.7. The molecular weight excluding hydrogens is 265 g/mol. The number of nitrogens with zero attached hydrogens (tertiary/aromatic N) is 1. The summed E-state index contributed by atoms with van der Waals surface area (Å²) in [6, 6.07) is 10.3. The van der Waals surface area contributed by atoms with Crippen molar-refractivity contribution in [3.8, 4) is 0 Å². The lowest BCUT2D eigenvalue weighted by Crippen LogP contribution is -2.18. The van der Waals surface area contributed by atoms with E-state index in [4.69, 9.17) is 5.73 Å². The second-order valence-electron chi connectivity index (χ2n) is 4.55. The van der Waals surface area contributed by atoms with Crippen molar-refractivity contribution in [1.82, 2.24) is 4.98 Å². The van der Waals surface area contributed by atoms with E-state index in [1.807, 2.05) is 12.1 Å². The number of rotatable bonds is 4. The van der Waals surface area contributed by atoms with E-state index in [0.717, 1.165) is 11.8 Å². The summed E-state index contributed by atoms with van der Waals surface area (Å²) in [5.41, 5.74) is 6.22. The van der Waals surface area contributed by atoms with Crippen LogP contribution in [0.3, 0.4) is 0 Å². The summed E-state index contributed by atoms with van der Waals surface area (Å²) in [6.45, 7) is 0. The Labute approximate surface area is 115 Å². The monoisotopic (exact) mass is 280 g/mol. The highest BCUT2D eigenvalue weighted by molar-refractivity contribution is 5.32. The average molecular weight is 280 g/mol. The molecule has 2 N–H and O–H groups in total. The van der Waals surface area contributed by atoms with Gasteiger partial charge in [-0.25, -0.2) is 0 Å². The molecule has 0 bridgehead atoms. The molecule has 2 aromatic rings. The molecule has 20 heavy (non-hydrogen) atoms. The zero-order valence-electron chi connectivity index (χ0n) is 10.8. The number of pyridine rings is 1. The van der Waals surface area contributed by atoms with Gasteiger partial charge in [0.05, 0.1) is 5.56 Å². The second kappa shape index (κ2) is 6.05. The van der Waals surface area contributed by atoms with Gasteiger partial charge in [0.1, 0.15) is 0 Å². The molecular formula is C15H15F3N2. The summed E-state index contributed by atoms with van der Waals surface area (Å²) in [4.78, 5) is 4.14. The van der Waals surface area contributed by atoms with E-state index >= 15 is 0 Å². The predicted octanol–water partition coefficient (Wildman–Crippen LogP) is 3.73. The van der Waals surface area contributed by atoms with Gasteiger partial charge in [-0.2, -0.15) is 13.2 Å². The highest BCUT2D eigenvalue weighted by Crippen LogP contribution is 2.34. The number of aromatic nitrogens is 1. The third-order valence-corrected chi connectivity index (χ3v) is 3.10. The van der Waals surface area contributed by atoms with E-state index in [0.29, 0.717) is 12.8 Å². The molecule has 0 spiro atoms. The van der Waals surface area contributed by atoms with Gasteiger partial charge in [-0.3, -0.25) is 4.98 Å². The number of nitrogens with two attached hydrogens (primary N) is 1. The lowest BCUT2D eigenvalue weighted by atomic mass is 9.96. The maximum atomic E-state index is 12.9. The Balaban J connectivity index is 2.12. The third-order valence-electron chi connectivity index (χ3n) is 3.10. The van der Waals surface area contributed by atoms with E-state index in [2.05, 4.69) is 4.98 Å². The number of hydrogen-bond acceptors (Lipinski definition) is 2. The molecule has 5 heteroatoms. The third kappa shape index (κ3) is 3.57. The fourth-order valence-electron chi connectivity index (χ4n) is 2.08. The maximum absolute atomic E-state index is 12.9. The van der Waals surface area contributed by atoms with Gasteiger partial charge in [0.25, 0.3) is 0 Å². The van der Waals surface area contributed by atoms with Crippen LogP contribution >= 0.6 is 0 Å². The number of alkyl halides is 3. The first kappa shape index (κ1) is 14.5. The van der Waals surface area contributed by atoms with Gasteiger partial charge in [-0.15, -0.1) is 0 Å². The first-order valence-electron chi connectivity index (χ1n) is 6.30. The SMILES string of the molecule is NC(CCc1ccccn1)c1ccccc1C(F)(F)F. The van der Waals surface area contributed by atoms with Gasteiger partial charge in [-0.1, -0.05) is 24.3 Å². The summed E-state index contributed by atoms with van der Waals surface area (Å²) in [5.74, 6) is 0. The van der Waals surface area contributed by atoms with E-state index in [9.17, 15) is 13.2 Å². The number of aryl methyl sites for hydroxylation is 1. The molecule has 0 saturated heterocycles. The minimum atomic E-state index is -4.38. The zero-order valence-corrected chi connectivity index (χ0v) is 10.8. The van der Waals surface area contributed by atoms with E-state index in [1.165, 1.54) is 12.1 Å². The van der Waals surface area contributed by atoms with Crippen molar-refractivity contribution in [2.75, 3.05) is 0 Å². The molecule has 0 radical (unpaired) electrons. The topological polar surface area (TPSA) is 38.9 Å². The molecule has 1 aromatic heterocycles. The van der Waals surface area contributed by atoms with Gasteiger partial charge >= 0.3 is 6.18 Å². The molecule has 2 rings (SSSR count). The van der Waals surface area contributed by atoms with Crippen LogP contribution in [0.4, 0.5) is 13.2 Å². The minimum absolute atomic E-state index is 0.135. The molecule has 1 atom stereocenters. The standard InChI is InChI=1S/C15H15F3N2/c16-15(17,18)13-7-2-1-6-12(13)14(19)9-8-11-5-3-4-10-20-11/h1-7,10,14H,8-9,19H2. The molecule has 1 aromatic carbocycles. The minimum Gasteiger partial charge on any atom is -0.324 e. The quantitative estimate of drug-likeness (QED) is 0.926. The smallest absolute Gasteiger partial charge is 0.324 e. The lowest BCUT2D eigenvalue weighted by Gasteiger charge is -2.18. The molecule has 0 amide bonds. The number of halogens is 3.